The molecule has 0 aromatic carbocycles. The van der Waals surface area contributed by atoms with Gasteiger partial charge in [-0.3, -0.25) is 9.59 Å². The molecule has 6 heteroatoms. The van der Waals surface area contributed by atoms with Gasteiger partial charge in [0.15, 0.2) is 0 Å². The van der Waals surface area contributed by atoms with Crippen LogP contribution in [0, 0.1) is 0 Å². The van der Waals surface area contributed by atoms with Gasteiger partial charge in [-0.1, -0.05) is 11.6 Å². The van der Waals surface area contributed by atoms with Gasteiger partial charge in [-0.2, -0.15) is 0 Å². The van der Waals surface area contributed by atoms with Crippen molar-refractivity contribution in [2.45, 2.75) is 6.42 Å². The van der Waals surface area contributed by atoms with Crippen LogP contribution in [0.2, 0.25) is 5.15 Å². The lowest BCUT2D eigenvalue weighted by molar-refractivity contribution is -0.120. The van der Waals surface area contributed by atoms with Crippen molar-refractivity contribution in [3.63, 3.8) is 0 Å². The first-order chi connectivity index (χ1) is 8.18. The molecule has 0 saturated carbocycles. The van der Waals surface area contributed by atoms with Gasteiger partial charge in [0.25, 0.3) is 5.91 Å². The number of nitrogens with one attached hydrogen (secondary N) is 1. The number of rotatable bonds is 1. The maximum atomic E-state index is 12.1. The third-order valence-electron chi connectivity index (χ3n) is 2.59. The molecule has 2 amide bonds. The number of hydrogen-bond donors (Lipinski definition) is 1. The highest BCUT2D eigenvalue weighted by molar-refractivity contribution is 6.32. The highest BCUT2D eigenvalue weighted by Gasteiger charge is 2.21. The fourth-order valence-electron chi connectivity index (χ4n) is 1.69. The summed E-state index contributed by atoms with van der Waals surface area (Å²) in [5, 5.41) is 2.91. The smallest absolute Gasteiger partial charge is 0.257 e. The molecule has 0 bridgehead atoms. The Kier molecular flexibility index (Phi) is 3.58. The van der Waals surface area contributed by atoms with Crippen molar-refractivity contribution in [3.8, 4) is 0 Å². The fraction of sp³-hybridized carbons (Fsp3) is 0.364. The summed E-state index contributed by atoms with van der Waals surface area (Å²) in [5.41, 5.74) is 0.378. The average molecular weight is 254 g/mol. The number of aromatic nitrogens is 1. The zero-order valence-electron chi connectivity index (χ0n) is 9.15. The predicted molar refractivity (Wildman–Crippen MR) is 62.8 cm³/mol. The molecule has 1 saturated heterocycles. The van der Waals surface area contributed by atoms with Crippen LogP contribution in [0.5, 0.6) is 0 Å². The van der Waals surface area contributed by atoms with Crippen LogP contribution in [0.25, 0.3) is 0 Å². The molecular weight excluding hydrogens is 242 g/mol. The number of pyridine rings is 1. The van der Waals surface area contributed by atoms with Gasteiger partial charge in [0, 0.05) is 32.3 Å². The largest absolute Gasteiger partial charge is 0.354 e. The summed E-state index contributed by atoms with van der Waals surface area (Å²) in [7, 11) is 0. The van der Waals surface area contributed by atoms with E-state index in [1.165, 1.54) is 6.20 Å². The number of nitrogens with zero attached hydrogens (tertiary/aromatic N) is 2. The van der Waals surface area contributed by atoms with Crippen molar-refractivity contribution in [2.24, 2.45) is 0 Å². The lowest BCUT2D eigenvalue weighted by Gasteiger charge is -2.19. The molecular formula is C11H12ClN3O2. The van der Waals surface area contributed by atoms with Gasteiger partial charge in [-0.05, 0) is 12.1 Å². The molecule has 1 aromatic rings. The molecule has 0 unspecified atom stereocenters. The molecule has 1 aliphatic heterocycles. The van der Waals surface area contributed by atoms with E-state index in [1.54, 1.807) is 17.0 Å². The highest BCUT2D eigenvalue weighted by atomic mass is 35.5. The Balaban J connectivity index is 2.14. The Morgan fingerprint density at radius 3 is 3.06 bits per heavy atom. The van der Waals surface area contributed by atoms with E-state index in [0.29, 0.717) is 31.6 Å². The van der Waals surface area contributed by atoms with E-state index in [1.807, 2.05) is 0 Å². The van der Waals surface area contributed by atoms with Gasteiger partial charge >= 0.3 is 0 Å². The van der Waals surface area contributed by atoms with E-state index < -0.39 is 0 Å². The molecule has 2 rings (SSSR count). The van der Waals surface area contributed by atoms with Gasteiger partial charge in [0.05, 0.1) is 5.56 Å². The summed E-state index contributed by atoms with van der Waals surface area (Å²) < 4.78 is 0. The van der Waals surface area contributed by atoms with Crippen molar-refractivity contribution in [1.82, 2.24) is 15.2 Å². The number of carbonyl (C=O) groups excluding carboxylic acids is 2. The summed E-state index contributed by atoms with van der Waals surface area (Å²) in [5.74, 6) is -0.211. The second kappa shape index (κ2) is 5.14. The van der Waals surface area contributed by atoms with Crippen molar-refractivity contribution in [3.05, 3.63) is 29.0 Å². The summed E-state index contributed by atoms with van der Waals surface area (Å²) in [6.07, 6.45) is 1.86. The quantitative estimate of drug-likeness (QED) is 0.750. The third kappa shape index (κ3) is 2.74. The first-order valence-corrected chi connectivity index (χ1v) is 5.73. The maximum Gasteiger partial charge on any atom is 0.257 e. The van der Waals surface area contributed by atoms with Crippen molar-refractivity contribution < 1.29 is 9.59 Å². The summed E-state index contributed by atoms with van der Waals surface area (Å²) in [6.45, 7) is 1.38. The standard InChI is InChI=1S/C11H12ClN3O2/c12-10-8(2-1-4-14-10)11(17)15-6-3-9(16)13-5-7-15/h1-2,4H,3,5-7H2,(H,13,16). The van der Waals surface area contributed by atoms with Crippen LogP contribution in [0.1, 0.15) is 16.8 Å². The normalized spacial score (nSPS) is 16.3. The second-order valence-corrected chi connectivity index (χ2v) is 4.09. The average Bonchev–Trinajstić information content (AvgIpc) is 2.54. The molecule has 0 radical (unpaired) electrons. The number of amides is 2. The molecule has 1 fully saturated rings. The second-order valence-electron chi connectivity index (χ2n) is 3.73. The van der Waals surface area contributed by atoms with E-state index in [-0.39, 0.29) is 17.0 Å². The summed E-state index contributed by atoms with van der Waals surface area (Å²) >= 11 is 5.87. The molecule has 1 N–H and O–H groups in total. The van der Waals surface area contributed by atoms with E-state index in [4.69, 9.17) is 11.6 Å². The lowest BCUT2D eigenvalue weighted by Crippen LogP contribution is -2.34. The Bertz CT molecular complexity index is 450. The molecule has 0 spiro atoms. The Morgan fingerprint density at radius 2 is 2.29 bits per heavy atom. The minimum Gasteiger partial charge on any atom is -0.354 e. The van der Waals surface area contributed by atoms with E-state index >= 15 is 0 Å². The molecule has 17 heavy (non-hydrogen) atoms. The van der Waals surface area contributed by atoms with E-state index in [2.05, 4.69) is 10.3 Å². The molecule has 1 aliphatic rings. The van der Waals surface area contributed by atoms with Gasteiger partial charge < -0.3 is 10.2 Å². The molecule has 1 aromatic heterocycles. The first kappa shape index (κ1) is 11.9. The van der Waals surface area contributed by atoms with Crippen LogP contribution in [0.4, 0.5) is 0 Å². The molecule has 5 nitrogen and oxygen atoms in total. The monoisotopic (exact) mass is 253 g/mol. The van der Waals surface area contributed by atoms with Gasteiger partial charge in [0.1, 0.15) is 5.15 Å². The van der Waals surface area contributed by atoms with Crippen molar-refractivity contribution >= 4 is 23.4 Å². The maximum absolute atomic E-state index is 12.1. The Hall–Kier alpha value is -1.62. The van der Waals surface area contributed by atoms with Crippen LogP contribution in [0.15, 0.2) is 18.3 Å². The van der Waals surface area contributed by atoms with E-state index in [0.717, 1.165) is 0 Å². The summed E-state index contributed by atoms with van der Waals surface area (Å²) in [4.78, 5) is 28.8. The van der Waals surface area contributed by atoms with Crippen LogP contribution < -0.4 is 5.32 Å². The van der Waals surface area contributed by atoms with Crippen molar-refractivity contribution in [2.75, 3.05) is 19.6 Å². The Morgan fingerprint density at radius 1 is 1.47 bits per heavy atom. The van der Waals surface area contributed by atoms with Gasteiger partial charge in [-0.25, -0.2) is 4.98 Å². The topological polar surface area (TPSA) is 62.3 Å². The van der Waals surface area contributed by atoms with Crippen LogP contribution in [-0.4, -0.2) is 41.3 Å². The minimum atomic E-state index is -0.181. The van der Waals surface area contributed by atoms with Crippen LogP contribution in [-0.2, 0) is 4.79 Å². The first-order valence-electron chi connectivity index (χ1n) is 5.35. The fourth-order valence-corrected chi connectivity index (χ4v) is 1.89. The molecule has 0 atom stereocenters. The molecule has 90 valence electrons. The summed E-state index contributed by atoms with van der Waals surface area (Å²) in [6, 6.07) is 3.30. The van der Waals surface area contributed by atoms with Crippen LogP contribution in [0.3, 0.4) is 0 Å². The Labute approximate surface area is 104 Å². The van der Waals surface area contributed by atoms with Gasteiger partial charge in [-0.15, -0.1) is 0 Å². The number of carbonyl (C=O) groups is 2. The SMILES string of the molecule is O=C1CCN(C(=O)c2cccnc2Cl)CCN1. The lowest BCUT2D eigenvalue weighted by atomic mass is 10.2. The minimum absolute atomic E-state index is 0.0300. The zero-order valence-corrected chi connectivity index (χ0v) is 9.91. The molecule has 2 heterocycles. The molecule has 0 aliphatic carbocycles. The van der Waals surface area contributed by atoms with Crippen molar-refractivity contribution in [1.29, 1.82) is 0 Å². The zero-order chi connectivity index (χ0) is 12.3. The van der Waals surface area contributed by atoms with E-state index in [9.17, 15) is 9.59 Å². The number of halogens is 1. The third-order valence-corrected chi connectivity index (χ3v) is 2.89. The number of hydrogen-bond acceptors (Lipinski definition) is 3. The highest BCUT2D eigenvalue weighted by Crippen LogP contribution is 2.14. The predicted octanol–water partition coefficient (Wildman–Crippen LogP) is 0.697. The van der Waals surface area contributed by atoms with Crippen LogP contribution >= 0.6 is 11.6 Å². The van der Waals surface area contributed by atoms with Gasteiger partial charge in [0.2, 0.25) is 5.91 Å².